The Morgan fingerprint density at radius 1 is 1.04 bits per heavy atom. The monoisotopic (exact) mass is 352 g/mol. The first-order valence-electron chi connectivity index (χ1n) is 7.48. The zero-order valence-electron chi connectivity index (χ0n) is 14.6. The lowest BCUT2D eigenvalue weighted by atomic mass is 10.1. The number of carboxylic acids is 1. The molecule has 0 aliphatic rings. The number of ether oxygens (including phenoxy) is 1. The third-order valence-electron chi connectivity index (χ3n) is 2.45. The highest BCUT2D eigenvalue weighted by Crippen LogP contribution is 2.01. The number of hydrogen-bond donors (Lipinski definition) is 6. The van der Waals surface area contributed by atoms with E-state index in [1.807, 2.05) is 13.8 Å². The molecule has 144 valence electrons. The molecule has 0 radical (unpaired) electrons. The van der Waals surface area contributed by atoms with E-state index >= 15 is 0 Å². The van der Waals surface area contributed by atoms with E-state index in [-0.39, 0.29) is 6.54 Å². The zero-order valence-corrected chi connectivity index (χ0v) is 14.6. The molecule has 0 unspecified atom stereocenters. The first-order chi connectivity index (χ1) is 11.1. The highest BCUT2D eigenvalue weighted by Gasteiger charge is 2.17. The predicted molar refractivity (Wildman–Crippen MR) is 89.6 cm³/mol. The van der Waals surface area contributed by atoms with Gasteiger partial charge in [0.05, 0.1) is 6.54 Å². The molecule has 0 aliphatic carbocycles. The summed E-state index contributed by atoms with van der Waals surface area (Å²) in [5.41, 5.74) is 20.7. The number of aliphatic hydroxyl groups is 1. The van der Waals surface area contributed by atoms with Crippen LogP contribution < -0.4 is 22.9 Å². The third kappa shape index (κ3) is 18.5. The van der Waals surface area contributed by atoms with Crippen LogP contribution in [-0.2, 0) is 19.1 Å². The predicted octanol–water partition coefficient (Wildman–Crippen LogP) is -1.87. The summed E-state index contributed by atoms with van der Waals surface area (Å²) in [5.74, 6) is -2.07. The first-order valence-corrected chi connectivity index (χ1v) is 7.48. The molecule has 0 aliphatic heterocycles. The van der Waals surface area contributed by atoms with Gasteiger partial charge in [0, 0.05) is 7.11 Å². The fraction of sp³-hybridized carbons (Fsp3) is 0.786. The number of rotatable bonds is 8. The second kappa shape index (κ2) is 17.8. The standard InChI is InChI=1S/C7H15N3O3.C6H13NO2.CH4O/c8-3-1-2-5(10)7(12)13-6(11)4-9;1-4(2)3-5(7)6(8)9;1-2/h5H,1-4,8-10H2;4-5H,3,7H2,1-2H3,(H,8,9);2H,1H3/t2*5-;/m00./s1. The molecule has 0 fully saturated rings. The Balaban J connectivity index is -0.000000351. The quantitative estimate of drug-likeness (QED) is 0.212. The van der Waals surface area contributed by atoms with Gasteiger partial charge in [0.2, 0.25) is 0 Å². The van der Waals surface area contributed by atoms with Crippen molar-refractivity contribution in [3.63, 3.8) is 0 Å². The molecule has 10 N–H and O–H groups in total. The van der Waals surface area contributed by atoms with E-state index in [9.17, 15) is 14.4 Å². The van der Waals surface area contributed by atoms with Crippen molar-refractivity contribution in [3.8, 4) is 0 Å². The van der Waals surface area contributed by atoms with Crippen LogP contribution in [0.3, 0.4) is 0 Å². The largest absolute Gasteiger partial charge is 0.480 e. The Morgan fingerprint density at radius 3 is 1.83 bits per heavy atom. The number of aliphatic hydroxyl groups excluding tert-OH is 1. The van der Waals surface area contributed by atoms with Gasteiger partial charge in [-0.25, -0.2) is 4.79 Å². The number of aliphatic carboxylic acids is 1. The van der Waals surface area contributed by atoms with E-state index in [2.05, 4.69) is 4.74 Å². The van der Waals surface area contributed by atoms with Crippen LogP contribution in [0.5, 0.6) is 0 Å². The number of carbonyl (C=O) groups excluding carboxylic acids is 2. The Morgan fingerprint density at radius 2 is 1.54 bits per heavy atom. The van der Waals surface area contributed by atoms with Crippen LogP contribution in [0, 0.1) is 5.92 Å². The van der Waals surface area contributed by atoms with Crippen molar-refractivity contribution in [2.45, 2.75) is 45.2 Å². The number of nitrogens with two attached hydrogens (primary N) is 4. The molecule has 10 heteroatoms. The van der Waals surface area contributed by atoms with Crippen molar-refractivity contribution in [2.75, 3.05) is 20.2 Å². The summed E-state index contributed by atoms with van der Waals surface area (Å²) in [6.07, 6.45) is 1.58. The average molecular weight is 352 g/mol. The van der Waals surface area contributed by atoms with Crippen molar-refractivity contribution in [1.29, 1.82) is 0 Å². The van der Waals surface area contributed by atoms with E-state index in [4.69, 9.17) is 33.1 Å². The third-order valence-corrected chi connectivity index (χ3v) is 2.45. The van der Waals surface area contributed by atoms with Gasteiger partial charge in [0.25, 0.3) is 0 Å². The molecule has 2 atom stereocenters. The lowest BCUT2D eigenvalue weighted by molar-refractivity contribution is -0.159. The van der Waals surface area contributed by atoms with E-state index in [0.717, 1.165) is 7.11 Å². The van der Waals surface area contributed by atoms with E-state index < -0.39 is 30.0 Å². The summed E-state index contributed by atoms with van der Waals surface area (Å²) in [6, 6.07) is -1.48. The van der Waals surface area contributed by atoms with E-state index in [1.165, 1.54) is 0 Å². The van der Waals surface area contributed by atoms with Gasteiger partial charge in [-0.3, -0.25) is 9.59 Å². The molecule has 0 aromatic heterocycles. The van der Waals surface area contributed by atoms with Crippen LogP contribution in [0.15, 0.2) is 0 Å². The van der Waals surface area contributed by atoms with Gasteiger partial charge in [-0.05, 0) is 31.7 Å². The summed E-state index contributed by atoms with van der Waals surface area (Å²) in [7, 11) is 1.00. The summed E-state index contributed by atoms with van der Waals surface area (Å²) in [5, 5.41) is 15.3. The number of carbonyl (C=O) groups is 3. The zero-order chi connectivity index (χ0) is 19.7. The van der Waals surface area contributed by atoms with Crippen LogP contribution in [0.25, 0.3) is 0 Å². The maximum absolute atomic E-state index is 11.0. The summed E-state index contributed by atoms with van der Waals surface area (Å²) in [6.45, 7) is 4.02. The molecule has 10 nitrogen and oxygen atoms in total. The van der Waals surface area contributed by atoms with E-state index in [0.29, 0.717) is 31.7 Å². The lowest BCUT2D eigenvalue weighted by Crippen LogP contribution is -2.35. The smallest absolute Gasteiger partial charge is 0.330 e. The number of carboxylic acid groups (broad SMARTS) is 1. The molecule has 0 heterocycles. The minimum absolute atomic E-state index is 0.324. The fourth-order valence-electron chi connectivity index (χ4n) is 1.29. The van der Waals surface area contributed by atoms with Gasteiger partial charge in [-0.1, -0.05) is 13.8 Å². The Hall–Kier alpha value is -1.59. The molecule has 0 saturated heterocycles. The van der Waals surface area contributed by atoms with Crippen molar-refractivity contribution < 1.29 is 29.3 Å². The molecule has 0 amide bonds. The van der Waals surface area contributed by atoms with Crippen molar-refractivity contribution in [1.82, 2.24) is 0 Å². The Kier molecular flexibility index (Phi) is 20.2. The van der Waals surface area contributed by atoms with Crippen LogP contribution in [0.1, 0.15) is 33.1 Å². The first kappa shape index (κ1) is 27.3. The van der Waals surface area contributed by atoms with Crippen molar-refractivity contribution in [3.05, 3.63) is 0 Å². The molecule has 0 aromatic rings. The van der Waals surface area contributed by atoms with Crippen LogP contribution in [0.4, 0.5) is 0 Å². The molecule has 0 aromatic carbocycles. The van der Waals surface area contributed by atoms with Crippen molar-refractivity contribution in [2.24, 2.45) is 28.9 Å². The van der Waals surface area contributed by atoms with Gasteiger partial charge in [-0.15, -0.1) is 0 Å². The maximum atomic E-state index is 11.0. The molecule has 24 heavy (non-hydrogen) atoms. The minimum atomic E-state index is -0.913. The van der Waals surface area contributed by atoms with Gasteiger partial charge < -0.3 is 37.9 Å². The maximum Gasteiger partial charge on any atom is 0.330 e. The summed E-state index contributed by atoms with van der Waals surface area (Å²) in [4.78, 5) is 31.6. The minimum Gasteiger partial charge on any atom is -0.480 e. The van der Waals surface area contributed by atoms with Crippen LogP contribution in [0.2, 0.25) is 0 Å². The molecular weight excluding hydrogens is 320 g/mol. The van der Waals surface area contributed by atoms with Gasteiger partial charge in [-0.2, -0.15) is 0 Å². The summed E-state index contributed by atoms with van der Waals surface area (Å²) < 4.78 is 4.29. The SMILES string of the molecule is CC(C)C[C@H](N)C(=O)O.CO.NCCC[C@H](N)C(=O)OC(=O)CN. The highest BCUT2D eigenvalue weighted by molar-refractivity contribution is 5.89. The van der Waals surface area contributed by atoms with Crippen LogP contribution >= 0.6 is 0 Å². The molecular formula is C14H32N4O6. The van der Waals surface area contributed by atoms with Gasteiger partial charge in [0.15, 0.2) is 0 Å². The normalized spacial score (nSPS) is 12.0. The lowest BCUT2D eigenvalue weighted by Gasteiger charge is -2.08. The van der Waals surface area contributed by atoms with Crippen LogP contribution in [-0.4, -0.2) is 60.4 Å². The van der Waals surface area contributed by atoms with Gasteiger partial charge in [0.1, 0.15) is 12.1 Å². The topological polar surface area (TPSA) is 205 Å². The Labute approximate surface area is 142 Å². The molecule has 0 rings (SSSR count). The van der Waals surface area contributed by atoms with Crippen molar-refractivity contribution >= 4 is 17.9 Å². The Bertz CT molecular complexity index is 352. The number of hydrogen-bond acceptors (Lipinski definition) is 9. The summed E-state index contributed by atoms with van der Waals surface area (Å²) >= 11 is 0. The fourth-order valence-corrected chi connectivity index (χ4v) is 1.29. The molecule has 0 saturated carbocycles. The molecule has 0 spiro atoms. The average Bonchev–Trinajstić information content (AvgIpc) is 2.54. The molecule has 0 bridgehead atoms. The number of esters is 2. The second-order valence-corrected chi connectivity index (χ2v) is 5.11. The second-order valence-electron chi connectivity index (χ2n) is 5.11. The highest BCUT2D eigenvalue weighted by atomic mass is 16.6. The van der Waals surface area contributed by atoms with Gasteiger partial charge >= 0.3 is 17.9 Å². The van der Waals surface area contributed by atoms with E-state index in [1.54, 1.807) is 0 Å².